The van der Waals surface area contributed by atoms with Gasteiger partial charge in [0.2, 0.25) is 5.84 Å². The van der Waals surface area contributed by atoms with E-state index in [2.05, 4.69) is 51.1 Å². The number of likely N-dealkylation sites (N-methyl/N-ethyl adjacent to an activating group) is 1. The van der Waals surface area contributed by atoms with Crippen LogP contribution in [0, 0.1) is 5.41 Å². The number of rotatable bonds is 2. The van der Waals surface area contributed by atoms with Gasteiger partial charge in [-0.05, 0) is 6.42 Å². The Balaban J connectivity index is 2.83. The molecular weight excluding hydrogens is 172 g/mol. The van der Waals surface area contributed by atoms with E-state index in [1.54, 1.807) is 0 Å². The van der Waals surface area contributed by atoms with Gasteiger partial charge in [0.05, 0.1) is 13.6 Å². The fourth-order valence-electron chi connectivity index (χ4n) is 2.23. The van der Waals surface area contributed by atoms with Crippen LogP contribution >= 0.6 is 0 Å². The van der Waals surface area contributed by atoms with Crippen LogP contribution in [-0.4, -0.2) is 41.5 Å². The molecule has 0 aromatic carbocycles. The Labute approximate surface area is 88.6 Å². The SMILES string of the molecule is CCCN1C(C)=[N+](C)CC1C(C)(C)C. The Morgan fingerprint density at radius 1 is 1.43 bits per heavy atom. The third-order valence-corrected chi connectivity index (χ3v) is 3.26. The first-order valence-corrected chi connectivity index (χ1v) is 5.69. The van der Waals surface area contributed by atoms with E-state index < -0.39 is 0 Å². The van der Waals surface area contributed by atoms with Crippen LogP contribution in [0.1, 0.15) is 41.0 Å². The summed E-state index contributed by atoms with van der Waals surface area (Å²) in [4.78, 5) is 2.57. The van der Waals surface area contributed by atoms with Crippen LogP contribution < -0.4 is 0 Å². The second kappa shape index (κ2) is 3.92. The Morgan fingerprint density at radius 3 is 2.43 bits per heavy atom. The first kappa shape index (κ1) is 11.5. The van der Waals surface area contributed by atoms with Gasteiger partial charge in [0.25, 0.3) is 0 Å². The molecule has 1 atom stereocenters. The van der Waals surface area contributed by atoms with Crippen molar-refractivity contribution in [1.29, 1.82) is 0 Å². The van der Waals surface area contributed by atoms with Crippen molar-refractivity contribution in [2.24, 2.45) is 5.41 Å². The van der Waals surface area contributed by atoms with E-state index in [4.69, 9.17) is 0 Å². The molecule has 1 aliphatic heterocycles. The second-order valence-electron chi connectivity index (χ2n) is 5.50. The Morgan fingerprint density at radius 2 is 2.00 bits per heavy atom. The molecule has 0 radical (unpaired) electrons. The minimum absolute atomic E-state index is 0.376. The van der Waals surface area contributed by atoms with Crippen LogP contribution in [0.5, 0.6) is 0 Å². The molecule has 0 spiro atoms. The molecule has 0 aliphatic carbocycles. The van der Waals surface area contributed by atoms with Crippen molar-refractivity contribution >= 4 is 5.84 Å². The molecule has 2 heteroatoms. The fraction of sp³-hybridized carbons (Fsp3) is 0.917. The molecule has 1 rings (SSSR count). The van der Waals surface area contributed by atoms with Gasteiger partial charge in [-0.15, -0.1) is 0 Å². The van der Waals surface area contributed by atoms with E-state index in [0.717, 1.165) is 0 Å². The van der Waals surface area contributed by atoms with Gasteiger partial charge in [-0.2, -0.15) is 0 Å². The molecule has 1 aliphatic rings. The molecule has 1 heterocycles. The Bertz CT molecular complexity index is 235. The zero-order valence-corrected chi connectivity index (χ0v) is 10.6. The number of nitrogens with zero attached hydrogens (tertiary/aromatic N) is 2. The highest BCUT2D eigenvalue weighted by molar-refractivity contribution is 5.76. The second-order valence-corrected chi connectivity index (χ2v) is 5.50. The summed E-state index contributed by atoms with van der Waals surface area (Å²) in [7, 11) is 2.20. The molecular formula is C12H25N2+. The predicted octanol–water partition coefficient (Wildman–Crippen LogP) is 2.19. The van der Waals surface area contributed by atoms with Crippen molar-refractivity contribution in [3.63, 3.8) is 0 Å². The topological polar surface area (TPSA) is 6.25 Å². The summed E-state index contributed by atoms with van der Waals surface area (Å²) in [6.45, 7) is 13.9. The van der Waals surface area contributed by atoms with E-state index >= 15 is 0 Å². The maximum atomic E-state index is 2.57. The van der Waals surface area contributed by atoms with Crippen LogP contribution in [0.3, 0.4) is 0 Å². The summed E-state index contributed by atoms with van der Waals surface area (Å²) < 4.78 is 2.38. The monoisotopic (exact) mass is 197 g/mol. The van der Waals surface area contributed by atoms with Gasteiger partial charge in [-0.1, -0.05) is 27.7 Å². The fourth-order valence-corrected chi connectivity index (χ4v) is 2.23. The van der Waals surface area contributed by atoms with Crippen molar-refractivity contribution in [2.45, 2.75) is 47.1 Å². The zero-order chi connectivity index (χ0) is 10.9. The molecule has 0 aromatic heterocycles. The van der Waals surface area contributed by atoms with Gasteiger partial charge in [-0.25, -0.2) is 0 Å². The van der Waals surface area contributed by atoms with E-state index in [9.17, 15) is 0 Å². The van der Waals surface area contributed by atoms with Crippen LogP contribution in [0.15, 0.2) is 0 Å². The van der Waals surface area contributed by atoms with Gasteiger partial charge in [0, 0.05) is 12.3 Å². The highest BCUT2D eigenvalue weighted by Crippen LogP contribution is 2.27. The van der Waals surface area contributed by atoms with Crippen molar-refractivity contribution in [1.82, 2.24) is 4.90 Å². The van der Waals surface area contributed by atoms with Crippen LogP contribution in [-0.2, 0) is 0 Å². The van der Waals surface area contributed by atoms with E-state index in [0.29, 0.717) is 11.5 Å². The normalized spacial score (nSPS) is 23.6. The van der Waals surface area contributed by atoms with Crippen molar-refractivity contribution in [2.75, 3.05) is 20.1 Å². The summed E-state index contributed by atoms with van der Waals surface area (Å²) in [5.74, 6) is 1.44. The zero-order valence-electron chi connectivity index (χ0n) is 10.6. The summed E-state index contributed by atoms with van der Waals surface area (Å²) in [6.07, 6.45) is 1.23. The summed E-state index contributed by atoms with van der Waals surface area (Å²) in [5, 5.41) is 0. The molecule has 82 valence electrons. The lowest BCUT2D eigenvalue weighted by atomic mass is 9.86. The van der Waals surface area contributed by atoms with Gasteiger partial charge in [-0.3, -0.25) is 9.48 Å². The smallest absolute Gasteiger partial charge is 0.243 e. The minimum atomic E-state index is 0.376. The summed E-state index contributed by atoms with van der Waals surface area (Å²) >= 11 is 0. The van der Waals surface area contributed by atoms with Gasteiger partial charge >= 0.3 is 0 Å². The Kier molecular flexibility index (Phi) is 3.23. The average Bonchev–Trinajstić information content (AvgIpc) is 2.32. The van der Waals surface area contributed by atoms with E-state index in [-0.39, 0.29) is 0 Å². The average molecular weight is 197 g/mol. The largest absolute Gasteiger partial charge is 0.264 e. The lowest BCUT2D eigenvalue weighted by Gasteiger charge is -2.30. The van der Waals surface area contributed by atoms with Crippen LogP contribution in [0.4, 0.5) is 0 Å². The Hall–Kier alpha value is -0.530. The molecule has 0 aromatic rings. The van der Waals surface area contributed by atoms with Crippen molar-refractivity contribution in [3.05, 3.63) is 0 Å². The summed E-state index contributed by atoms with van der Waals surface area (Å²) in [6, 6.07) is 0.674. The van der Waals surface area contributed by atoms with Crippen molar-refractivity contribution in [3.8, 4) is 0 Å². The molecule has 0 fully saturated rings. The third kappa shape index (κ3) is 2.10. The molecule has 0 N–H and O–H groups in total. The molecule has 2 nitrogen and oxygen atoms in total. The molecule has 1 unspecified atom stereocenters. The van der Waals surface area contributed by atoms with Crippen molar-refractivity contribution < 1.29 is 4.58 Å². The molecule has 0 saturated carbocycles. The summed E-state index contributed by atoms with van der Waals surface area (Å²) in [5.41, 5.74) is 0.376. The van der Waals surface area contributed by atoms with Crippen LogP contribution in [0.2, 0.25) is 0 Å². The van der Waals surface area contributed by atoms with Crippen LogP contribution in [0.25, 0.3) is 0 Å². The number of amidine groups is 1. The van der Waals surface area contributed by atoms with Gasteiger partial charge in [0.15, 0.2) is 0 Å². The van der Waals surface area contributed by atoms with Gasteiger partial charge in [0.1, 0.15) is 12.6 Å². The molecule has 14 heavy (non-hydrogen) atoms. The predicted molar refractivity (Wildman–Crippen MR) is 62.0 cm³/mol. The quantitative estimate of drug-likeness (QED) is 0.615. The maximum absolute atomic E-state index is 2.57. The van der Waals surface area contributed by atoms with Gasteiger partial charge < -0.3 is 0 Å². The third-order valence-electron chi connectivity index (χ3n) is 3.26. The minimum Gasteiger partial charge on any atom is -0.264 e. The first-order chi connectivity index (χ1) is 6.38. The molecule has 0 bridgehead atoms. The highest BCUT2D eigenvalue weighted by Gasteiger charge is 2.42. The standard InChI is InChI=1S/C12H25N2/c1-7-8-14-10(2)13(6)9-11(14)12(3,4)5/h11H,7-9H2,1-6H3/q+1. The number of hydrogen-bond donors (Lipinski definition) is 0. The van der Waals surface area contributed by atoms with E-state index in [1.165, 1.54) is 25.3 Å². The molecule has 0 saturated heterocycles. The van der Waals surface area contributed by atoms with E-state index in [1.807, 2.05) is 0 Å². The lowest BCUT2D eigenvalue weighted by Crippen LogP contribution is -2.44. The maximum Gasteiger partial charge on any atom is 0.243 e. The highest BCUT2D eigenvalue weighted by atomic mass is 15.3. The first-order valence-electron chi connectivity index (χ1n) is 5.69. The lowest BCUT2D eigenvalue weighted by molar-refractivity contribution is -0.492. The number of hydrogen-bond acceptors (Lipinski definition) is 1. The molecule has 0 amide bonds.